The van der Waals surface area contributed by atoms with Crippen LogP contribution in [-0.2, 0) is 4.74 Å². The number of amides is 1. The highest BCUT2D eigenvalue weighted by atomic mass is 16.5. The second-order valence-electron chi connectivity index (χ2n) is 4.05. The minimum Gasteiger partial charge on any atom is -0.476 e. The Hall–Kier alpha value is -1.66. The molecule has 2 N–H and O–H groups in total. The lowest BCUT2D eigenvalue weighted by Crippen LogP contribution is -2.38. The lowest BCUT2D eigenvalue weighted by molar-refractivity contribution is 0.0320. The van der Waals surface area contributed by atoms with Crippen LogP contribution < -0.4 is 10.5 Å². The molecule has 0 aromatic carbocycles. The molecule has 2 rings (SSSR count). The number of carbonyl (C=O) groups excluding carboxylic acids is 1. The van der Waals surface area contributed by atoms with Crippen molar-refractivity contribution in [1.29, 1.82) is 0 Å². The molecule has 0 saturated carbocycles. The Morgan fingerprint density at radius 2 is 2.28 bits per heavy atom. The summed E-state index contributed by atoms with van der Waals surface area (Å²) in [4.78, 5) is 17.3. The van der Waals surface area contributed by atoms with Gasteiger partial charge in [0.15, 0.2) is 0 Å². The Labute approximate surface area is 106 Å². The number of pyridine rings is 1. The maximum absolute atomic E-state index is 11.0. The van der Waals surface area contributed by atoms with Gasteiger partial charge in [0.25, 0.3) is 0 Å². The molecule has 1 fully saturated rings. The minimum absolute atomic E-state index is 0.409. The normalized spacial score (nSPS) is 16.4. The predicted molar refractivity (Wildman–Crippen MR) is 65.5 cm³/mol. The number of ether oxygens (including phenoxy) is 2. The van der Waals surface area contributed by atoms with Crippen molar-refractivity contribution in [2.75, 3.05) is 39.5 Å². The van der Waals surface area contributed by atoms with Crippen LogP contribution in [0.25, 0.3) is 0 Å². The number of hydrogen-bond donors (Lipinski definition) is 1. The van der Waals surface area contributed by atoms with Gasteiger partial charge in [0.2, 0.25) is 11.8 Å². The average molecular weight is 251 g/mol. The first kappa shape index (κ1) is 12.8. The molecule has 1 aromatic heterocycles. The molecular formula is C12H17N3O3. The lowest BCUT2D eigenvalue weighted by Gasteiger charge is -2.26. The molecule has 1 aliphatic heterocycles. The summed E-state index contributed by atoms with van der Waals surface area (Å²) in [5.41, 5.74) is 5.59. The summed E-state index contributed by atoms with van der Waals surface area (Å²) in [6.45, 7) is 4.77. The van der Waals surface area contributed by atoms with E-state index in [1.54, 1.807) is 12.1 Å². The number of aromatic nitrogens is 1. The van der Waals surface area contributed by atoms with Crippen molar-refractivity contribution in [3.63, 3.8) is 0 Å². The van der Waals surface area contributed by atoms with Crippen molar-refractivity contribution >= 4 is 5.91 Å². The van der Waals surface area contributed by atoms with Crippen LogP contribution in [-0.4, -0.2) is 55.2 Å². The second-order valence-corrected chi connectivity index (χ2v) is 4.05. The molecular weight excluding hydrogens is 234 g/mol. The largest absolute Gasteiger partial charge is 0.476 e. The molecule has 6 nitrogen and oxygen atoms in total. The molecule has 1 saturated heterocycles. The summed E-state index contributed by atoms with van der Waals surface area (Å²) >= 11 is 0. The molecule has 0 radical (unpaired) electrons. The van der Waals surface area contributed by atoms with E-state index in [9.17, 15) is 4.79 Å². The molecule has 1 aliphatic rings. The molecule has 1 amide bonds. The zero-order valence-corrected chi connectivity index (χ0v) is 10.2. The third kappa shape index (κ3) is 3.68. The van der Waals surface area contributed by atoms with Crippen LogP contribution in [0.3, 0.4) is 0 Å². The van der Waals surface area contributed by atoms with Crippen molar-refractivity contribution in [1.82, 2.24) is 9.88 Å². The van der Waals surface area contributed by atoms with Crippen LogP contribution in [0.2, 0.25) is 0 Å². The number of nitrogens with zero attached hydrogens (tertiary/aromatic N) is 2. The zero-order valence-electron chi connectivity index (χ0n) is 10.2. The minimum atomic E-state index is -0.476. The quantitative estimate of drug-likeness (QED) is 0.790. The van der Waals surface area contributed by atoms with E-state index in [1.807, 2.05) is 0 Å². The Morgan fingerprint density at radius 1 is 1.50 bits per heavy atom. The van der Waals surface area contributed by atoms with Crippen LogP contribution in [0.1, 0.15) is 10.4 Å². The monoisotopic (exact) mass is 251 g/mol. The topological polar surface area (TPSA) is 77.7 Å². The smallest absolute Gasteiger partial charge is 0.248 e. The van der Waals surface area contributed by atoms with E-state index in [2.05, 4.69) is 9.88 Å². The fourth-order valence-corrected chi connectivity index (χ4v) is 1.75. The van der Waals surface area contributed by atoms with E-state index in [1.165, 1.54) is 6.20 Å². The molecule has 0 aliphatic carbocycles. The van der Waals surface area contributed by atoms with Gasteiger partial charge in [-0.1, -0.05) is 0 Å². The SMILES string of the molecule is NC(=O)c1ccnc(OCCN2CCOCC2)c1. The molecule has 0 unspecified atom stereocenters. The van der Waals surface area contributed by atoms with Gasteiger partial charge < -0.3 is 15.2 Å². The molecule has 0 spiro atoms. The van der Waals surface area contributed by atoms with E-state index in [4.69, 9.17) is 15.2 Å². The first-order chi connectivity index (χ1) is 8.75. The Bertz CT molecular complexity index is 405. The average Bonchev–Trinajstić information content (AvgIpc) is 2.40. The van der Waals surface area contributed by atoms with Gasteiger partial charge in [-0.15, -0.1) is 0 Å². The molecule has 1 aromatic rings. The molecule has 0 bridgehead atoms. The van der Waals surface area contributed by atoms with Gasteiger partial charge >= 0.3 is 0 Å². The second kappa shape index (κ2) is 6.32. The Kier molecular flexibility index (Phi) is 4.49. The van der Waals surface area contributed by atoms with Crippen molar-refractivity contribution in [3.05, 3.63) is 23.9 Å². The van der Waals surface area contributed by atoms with Gasteiger partial charge in [0.05, 0.1) is 13.2 Å². The van der Waals surface area contributed by atoms with Crippen LogP contribution in [0.15, 0.2) is 18.3 Å². The van der Waals surface area contributed by atoms with Crippen molar-refractivity contribution in [3.8, 4) is 5.88 Å². The van der Waals surface area contributed by atoms with Crippen LogP contribution in [0.4, 0.5) is 0 Å². The molecule has 0 atom stereocenters. The summed E-state index contributed by atoms with van der Waals surface area (Å²) in [6.07, 6.45) is 1.52. The van der Waals surface area contributed by atoms with Crippen LogP contribution in [0.5, 0.6) is 5.88 Å². The van der Waals surface area contributed by atoms with E-state index in [0.717, 1.165) is 32.8 Å². The number of nitrogens with two attached hydrogens (primary N) is 1. The summed E-state index contributed by atoms with van der Waals surface area (Å²) in [5.74, 6) is -0.0463. The number of primary amides is 1. The van der Waals surface area contributed by atoms with Gasteiger partial charge in [-0.25, -0.2) is 4.98 Å². The molecule has 6 heteroatoms. The highest BCUT2D eigenvalue weighted by Gasteiger charge is 2.10. The third-order valence-electron chi connectivity index (χ3n) is 2.78. The summed E-state index contributed by atoms with van der Waals surface area (Å²) in [7, 11) is 0. The Balaban J connectivity index is 1.78. The first-order valence-corrected chi connectivity index (χ1v) is 5.94. The summed E-state index contributed by atoms with van der Waals surface area (Å²) in [6, 6.07) is 3.12. The number of carbonyl (C=O) groups is 1. The molecule has 2 heterocycles. The van der Waals surface area contributed by atoms with E-state index in [-0.39, 0.29) is 0 Å². The van der Waals surface area contributed by atoms with Gasteiger partial charge in [-0.3, -0.25) is 9.69 Å². The number of morpholine rings is 1. The van der Waals surface area contributed by atoms with Crippen molar-refractivity contribution in [2.24, 2.45) is 5.73 Å². The maximum atomic E-state index is 11.0. The van der Waals surface area contributed by atoms with Gasteiger partial charge in [0.1, 0.15) is 6.61 Å². The first-order valence-electron chi connectivity index (χ1n) is 5.94. The third-order valence-corrected chi connectivity index (χ3v) is 2.78. The summed E-state index contributed by atoms with van der Waals surface area (Å²) in [5, 5.41) is 0. The van der Waals surface area contributed by atoms with E-state index < -0.39 is 5.91 Å². The highest BCUT2D eigenvalue weighted by Crippen LogP contribution is 2.08. The Morgan fingerprint density at radius 3 is 3.00 bits per heavy atom. The van der Waals surface area contributed by atoms with Gasteiger partial charge in [0, 0.05) is 37.5 Å². The van der Waals surface area contributed by atoms with E-state index in [0.29, 0.717) is 18.1 Å². The molecule has 18 heavy (non-hydrogen) atoms. The zero-order chi connectivity index (χ0) is 12.8. The van der Waals surface area contributed by atoms with Crippen molar-refractivity contribution < 1.29 is 14.3 Å². The fraction of sp³-hybridized carbons (Fsp3) is 0.500. The van der Waals surface area contributed by atoms with E-state index >= 15 is 0 Å². The van der Waals surface area contributed by atoms with Crippen molar-refractivity contribution in [2.45, 2.75) is 0 Å². The summed E-state index contributed by atoms with van der Waals surface area (Å²) < 4.78 is 10.8. The highest BCUT2D eigenvalue weighted by molar-refractivity contribution is 5.92. The maximum Gasteiger partial charge on any atom is 0.248 e. The fourth-order valence-electron chi connectivity index (χ4n) is 1.75. The van der Waals surface area contributed by atoms with Gasteiger partial charge in [-0.05, 0) is 6.07 Å². The van der Waals surface area contributed by atoms with Crippen LogP contribution in [0, 0.1) is 0 Å². The standard InChI is InChI=1S/C12H17N3O3/c13-12(16)10-1-2-14-11(9-10)18-8-5-15-3-6-17-7-4-15/h1-2,9H,3-8H2,(H2,13,16). The van der Waals surface area contributed by atoms with Crippen LogP contribution >= 0.6 is 0 Å². The van der Waals surface area contributed by atoms with Gasteiger partial charge in [-0.2, -0.15) is 0 Å². The number of hydrogen-bond acceptors (Lipinski definition) is 5. The molecule has 98 valence electrons. The lowest BCUT2D eigenvalue weighted by atomic mass is 10.2. The predicted octanol–water partition coefficient (Wildman–Crippen LogP) is -0.109. The number of rotatable bonds is 5.